The Morgan fingerprint density at radius 1 is 1.08 bits per heavy atom. The molecule has 2 aliphatic rings. The van der Waals surface area contributed by atoms with Crippen molar-refractivity contribution in [2.75, 3.05) is 30.4 Å². The Kier molecular flexibility index (Phi) is 8.97. The number of ether oxygens (including phenoxy) is 1. The molecule has 1 aliphatic carbocycles. The maximum absolute atomic E-state index is 14.8. The summed E-state index contributed by atoms with van der Waals surface area (Å²) in [4.78, 5) is 58.5. The second kappa shape index (κ2) is 13.6. The van der Waals surface area contributed by atoms with Crippen molar-refractivity contribution < 1.29 is 32.6 Å². The van der Waals surface area contributed by atoms with Gasteiger partial charge in [0.1, 0.15) is 24.4 Å². The van der Waals surface area contributed by atoms with E-state index in [0.717, 1.165) is 12.1 Å². The number of nitrogens with zero attached hydrogens (tertiary/aromatic N) is 9. The number of aryl methyl sites for hydroxylation is 1. The van der Waals surface area contributed by atoms with E-state index in [1.165, 1.54) is 24.4 Å². The van der Waals surface area contributed by atoms with Gasteiger partial charge in [0, 0.05) is 42.7 Å². The van der Waals surface area contributed by atoms with Crippen LogP contribution < -0.4 is 20.4 Å². The molecule has 5 heterocycles. The Balaban J connectivity index is 1.29. The molecule has 2 N–H and O–H groups in total. The molecule has 1 aliphatic heterocycles. The summed E-state index contributed by atoms with van der Waals surface area (Å²) in [5.41, 5.74) is 0.136. The van der Waals surface area contributed by atoms with Crippen molar-refractivity contribution in [3.8, 4) is 17.3 Å². The maximum Gasteiger partial charge on any atom is 0.276 e. The van der Waals surface area contributed by atoms with Gasteiger partial charge in [-0.1, -0.05) is 13.0 Å². The summed E-state index contributed by atoms with van der Waals surface area (Å²) in [5.74, 6) is -2.19. The first-order valence-corrected chi connectivity index (χ1v) is 16.5. The summed E-state index contributed by atoms with van der Waals surface area (Å²) in [5, 5.41) is 22.1. The topological polar surface area (TPSA) is 173 Å². The van der Waals surface area contributed by atoms with E-state index in [9.17, 15) is 32.7 Å². The summed E-state index contributed by atoms with van der Waals surface area (Å²) in [6, 6.07) is 5.36. The average Bonchev–Trinajstić information content (AvgIpc) is 3.57. The second-order valence-corrected chi connectivity index (χ2v) is 12.4. The maximum atomic E-state index is 14.8. The molecular formula is C34H33F3N10O5. The number of pyridine rings is 2. The zero-order valence-corrected chi connectivity index (χ0v) is 28.3. The SMILES string of the molecule is CCc1c(N2CCN(C(=O)c3ncnc(C)c3O)[C@H]3CC[C@@H]32)c(=O)c2nn(-c3ccnc(OC)c3)nc2n1CC(=O)Nc1ccc(C(F)F)cc1F. The van der Waals surface area contributed by atoms with Crippen molar-refractivity contribution >= 4 is 34.4 Å². The van der Waals surface area contributed by atoms with Gasteiger partial charge in [-0.15, -0.1) is 15.0 Å². The smallest absolute Gasteiger partial charge is 0.276 e. The van der Waals surface area contributed by atoms with Crippen LogP contribution in [0.1, 0.15) is 53.6 Å². The third-order valence-corrected chi connectivity index (χ3v) is 9.54. The minimum absolute atomic E-state index is 0.0426. The highest BCUT2D eigenvalue weighted by atomic mass is 19.3. The molecule has 0 spiro atoms. The number of benzene rings is 1. The number of aromatic hydroxyl groups is 1. The van der Waals surface area contributed by atoms with Crippen LogP contribution in [0, 0.1) is 12.7 Å². The summed E-state index contributed by atoms with van der Waals surface area (Å²) < 4.78 is 47.8. The number of piperazine rings is 1. The number of alkyl halides is 2. The van der Waals surface area contributed by atoms with E-state index in [0.29, 0.717) is 30.3 Å². The van der Waals surface area contributed by atoms with E-state index in [1.807, 2.05) is 11.8 Å². The number of carbonyl (C=O) groups excluding carboxylic acids is 2. The molecule has 2 fully saturated rings. The summed E-state index contributed by atoms with van der Waals surface area (Å²) >= 11 is 0. The van der Waals surface area contributed by atoms with Gasteiger partial charge >= 0.3 is 0 Å². The third-order valence-electron chi connectivity index (χ3n) is 9.54. The van der Waals surface area contributed by atoms with Crippen LogP contribution in [0.4, 0.5) is 24.5 Å². The molecule has 1 saturated carbocycles. The van der Waals surface area contributed by atoms with Crippen molar-refractivity contribution in [2.24, 2.45) is 0 Å². The number of fused-ring (bicyclic) bond motifs is 2. The second-order valence-electron chi connectivity index (χ2n) is 12.4. The van der Waals surface area contributed by atoms with Crippen LogP contribution in [0.2, 0.25) is 0 Å². The molecule has 1 saturated heterocycles. The first-order valence-electron chi connectivity index (χ1n) is 16.5. The first-order chi connectivity index (χ1) is 25.0. The van der Waals surface area contributed by atoms with Crippen LogP contribution in [0.25, 0.3) is 16.9 Å². The average molecular weight is 719 g/mol. The first kappa shape index (κ1) is 34.4. The van der Waals surface area contributed by atoms with Gasteiger partial charge in [0.15, 0.2) is 22.6 Å². The van der Waals surface area contributed by atoms with E-state index in [4.69, 9.17) is 4.74 Å². The van der Waals surface area contributed by atoms with E-state index in [-0.39, 0.29) is 77.2 Å². The predicted molar refractivity (Wildman–Crippen MR) is 180 cm³/mol. The molecule has 2 atom stereocenters. The van der Waals surface area contributed by atoms with Crippen LogP contribution in [0.15, 0.2) is 47.7 Å². The molecule has 52 heavy (non-hydrogen) atoms. The quantitative estimate of drug-likeness (QED) is 0.228. The molecule has 5 aromatic rings. The molecule has 270 valence electrons. The monoisotopic (exact) mass is 718 g/mol. The normalized spacial score (nSPS) is 16.9. The molecule has 4 aromatic heterocycles. The summed E-state index contributed by atoms with van der Waals surface area (Å²) in [6.07, 6.45) is 1.39. The fourth-order valence-corrected chi connectivity index (χ4v) is 6.83. The van der Waals surface area contributed by atoms with Gasteiger partial charge < -0.3 is 29.5 Å². The van der Waals surface area contributed by atoms with Crippen molar-refractivity contribution in [1.29, 1.82) is 0 Å². The number of hydrogen-bond donors (Lipinski definition) is 2. The Labute approximate surface area is 293 Å². The number of anilines is 2. The van der Waals surface area contributed by atoms with Crippen molar-refractivity contribution in [3.63, 3.8) is 0 Å². The largest absolute Gasteiger partial charge is 0.504 e. The number of aromatic nitrogens is 7. The zero-order valence-electron chi connectivity index (χ0n) is 28.3. The minimum atomic E-state index is -2.89. The standard InChI is InChI=1S/C34H33F3N10O5/c1-4-22-29(44-11-12-45(24-8-7-23(24)44)34(51)28-30(49)17(2)39-16-40-28)31(50)27-33(43-47(42-27)19-9-10-38-26(14-19)52-3)46(22)15-25(48)41-21-6-5-18(32(36)37)13-20(21)35/h5-6,9-10,13-14,16,23-24,32,49H,4,7-8,11-12,15H2,1-3H3,(H,41,48)/t23-,24-/m0/s1. The van der Waals surface area contributed by atoms with Crippen molar-refractivity contribution in [2.45, 2.75) is 58.2 Å². The van der Waals surface area contributed by atoms with E-state index >= 15 is 0 Å². The van der Waals surface area contributed by atoms with E-state index in [2.05, 4.69) is 30.5 Å². The van der Waals surface area contributed by atoms with Gasteiger partial charge in [-0.25, -0.2) is 28.1 Å². The fraction of sp³-hybridized carbons (Fsp3) is 0.353. The molecule has 0 unspecified atom stereocenters. The van der Waals surface area contributed by atoms with E-state index < -0.39 is 41.6 Å². The van der Waals surface area contributed by atoms with Crippen LogP contribution in [0.3, 0.4) is 0 Å². The Morgan fingerprint density at radius 2 is 1.87 bits per heavy atom. The third kappa shape index (κ3) is 5.92. The molecule has 18 heteroatoms. The van der Waals surface area contributed by atoms with Crippen molar-refractivity contribution in [1.82, 2.24) is 39.4 Å². The lowest BCUT2D eigenvalue weighted by atomic mass is 9.81. The lowest BCUT2D eigenvalue weighted by Crippen LogP contribution is -2.67. The molecule has 2 amide bonds. The number of methoxy groups -OCH3 is 1. The fourth-order valence-electron chi connectivity index (χ4n) is 6.83. The highest BCUT2D eigenvalue weighted by Crippen LogP contribution is 2.39. The molecule has 15 nitrogen and oxygen atoms in total. The number of halogens is 3. The van der Waals surface area contributed by atoms with Crippen LogP contribution >= 0.6 is 0 Å². The highest BCUT2D eigenvalue weighted by Gasteiger charge is 2.47. The zero-order chi connectivity index (χ0) is 36.8. The van der Waals surface area contributed by atoms with Crippen molar-refractivity contribution in [3.05, 3.63) is 81.5 Å². The molecule has 7 rings (SSSR count). The number of carbonyl (C=O) groups is 2. The molecule has 0 radical (unpaired) electrons. The number of rotatable bonds is 9. The molecule has 0 bridgehead atoms. The van der Waals surface area contributed by atoms with Crippen LogP contribution in [-0.2, 0) is 17.8 Å². The number of amides is 2. The van der Waals surface area contributed by atoms with Gasteiger partial charge in [0.05, 0.1) is 30.2 Å². The Bertz CT molecular complexity index is 2280. The van der Waals surface area contributed by atoms with Gasteiger partial charge in [0.2, 0.25) is 17.2 Å². The number of nitrogens with one attached hydrogen (secondary N) is 1. The predicted octanol–water partition coefficient (Wildman–Crippen LogP) is 3.56. The van der Waals surface area contributed by atoms with Gasteiger partial charge in [0.25, 0.3) is 12.3 Å². The Morgan fingerprint density at radius 3 is 2.56 bits per heavy atom. The summed E-state index contributed by atoms with van der Waals surface area (Å²) in [7, 11) is 1.45. The Hall–Kier alpha value is -6.07. The lowest BCUT2D eigenvalue weighted by Gasteiger charge is -2.54. The van der Waals surface area contributed by atoms with Gasteiger partial charge in [-0.2, -0.15) is 0 Å². The van der Waals surface area contributed by atoms with Gasteiger partial charge in [-0.05, 0) is 44.4 Å². The number of hydrogen-bond acceptors (Lipinski definition) is 11. The highest BCUT2D eigenvalue weighted by molar-refractivity contribution is 5.96. The van der Waals surface area contributed by atoms with E-state index in [1.54, 1.807) is 28.5 Å². The van der Waals surface area contributed by atoms with Crippen LogP contribution in [0.5, 0.6) is 11.6 Å². The van der Waals surface area contributed by atoms with Gasteiger partial charge in [-0.3, -0.25) is 14.4 Å². The lowest BCUT2D eigenvalue weighted by molar-refractivity contribution is -0.116. The summed E-state index contributed by atoms with van der Waals surface area (Å²) in [6.45, 7) is 3.42. The van der Waals surface area contributed by atoms with Crippen LogP contribution in [-0.4, -0.2) is 88.6 Å². The molecule has 1 aromatic carbocycles. The molecular weight excluding hydrogens is 685 g/mol. The minimum Gasteiger partial charge on any atom is -0.504 e.